The first-order chi connectivity index (χ1) is 8.35. The number of carbonyl (C=O) groups excluding carboxylic acids is 1. The third kappa shape index (κ3) is 4.59. The highest BCUT2D eigenvalue weighted by atomic mass is 35.5. The molecule has 0 radical (unpaired) electrons. The highest BCUT2D eigenvalue weighted by molar-refractivity contribution is 7.92. The summed E-state index contributed by atoms with van der Waals surface area (Å²) in [4.78, 5) is 11.8. The molecule has 0 aliphatic heterocycles. The molecule has 1 aromatic carbocycles. The molecule has 0 aromatic heterocycles. The fraction of sp³-hybridized carbons (Fsp3) is 0.417. The van der Waals surface area contributed by atoms with Gasteiger partial charge in [0.25, 0.3) is 0 Å². The van der Waals surface area contributed by atoms with Gasteiger partial charge in [0, 0.05) is 10.6 Å². The molecule has 0 N–H and O–H groups in total. The van der Waals surface area contributed by atoms with E-state index >= 15 is 0 Å². The maximum Gasteiger partial charge on any atom is 0.179 e. The Morgan fingerprint density at radius 3 is 2.50 bits per heavy atom. The van der Waals surface area contributed by atoms with Crippen molar-refractivity contribution in [1.29, 1.82) is 0 Å². The molecule has 0 aliphatic rings. The van der Waals surface area contributed by atoms with Crippen molar-refractivity contribution in [3.63, 3.8) is 0 Å². The van der Waals surface area contributed by atoms with Crippen LogP contribution in [0.25, 0.3) is 0 Å². The van der Waals surface area contributed by atoms with E-state index in [4.69, 9.17) is 23.2 Å². The van der Waals surface area contributed by atoms with Gasteiger partial charge in [0.2, 0.25) is 0 Å². The summed E-state index contributed by atoms with van der Waals surface area (Å²) in [6, 6.07) is 4.39. The van der Waals surface area contributed by atoms with Gasteiger partial charge in [0.1, 0.15) is 5.75 Å². The van der Waals surface area contributed by atoms with E-state index in [0.29, 0.717) is 11.4 Å². The Bertz CT molecular complexity index is 538. The lowest BCUT2D eigenvalue weighted by Gasteiger charge is -2.05. The molecule has 6 heteroatoms. The molecule has 0 bridgehead atoms. The summed E-state index contributed by atoms with van der Waals surface area (Å²) in [5.41, 5.74) is 0.196. The summed E-state index contributed by atoms with van der Waals surface area (Å²) in [5, 5.41) is 0.587. The van der Waals surface area contributed by atoms with Gasteiger partial charge in [-0.3, -0.25) is 4.79 Å². The van der Waals surface area contributed by atoms with Crippen molar-refractivity contribution in [2.24, 2.45) is 0 Å². The van der Waals surface area contributed by atoms with E-state index in [2.05, 4.69) is 0 Å². The van der Waals surface area contributed by atoms with Crippen LogP contribution in [-0.2, 0) is 9.84 Å². The van der Waals surface area contributed by atoms with Crippen LogP contribution in [0.4, 0.5) is 0 Å². The van der Waals surface area contributed by atoms with Crippen LogP contribution in [0.15, 0.2) is 18.2 Å². The quantitative estimate of drug-likeness (QED) is 0.757. The Balaban J connectivity index is 2.83. The first-order valence-corrected chi connectivity index (χ1v) is 8.12. The van der Waals surface area contributed by atoms with Gasteiger partial charge in [-0.05, 0) is 24.6 Å². The van der Waals surface area contributed by atoms with Crippen LogP contribution in [0.3, 0.4) is 0 Å². The highest BCUT2D eigenvalue weighted by Gasteiger charge is 2.19. The average molecular weight is 309 g/mol. The summed E-state index contributed by atoms with van der Waals surface area (Å²) >= 11 is 11.6. The third-order valence-electron chi connectivity index (χ3n) is 2.39. The summed E-state index contributed by atoms with van der Waals surface area (Å²) in [6.45, 7) is 1.90. The molecule has 0 amide bonds. The number of ketones is 1. The maximum atomic E-state index is 11.8. The number of unbranched alkanes of at least 4 members (excludes halogenated alkanes) is 1. The van der Waals surface area contributed by atoms with Gasteiger partial charge < -0.3 is 0 Å². The lowest BCUT2D eigenvalue weighted by atomic mass is 10.1. The molecule has 0 atom stereocenters. The van der Waals surface area contributed by atoms with Crippen molar-refractivity contribution in [1.82, 2.24) is 0 Å². The normalized spacial score (nSPS) is 11.5. The van der Waals surface area contributed by atoms with Gasteiger partial charge in [0.05, 0.1) is 10.8 Å². The van der Waals surface area contributed by atoms with Crippen molar-refractivity contribution in [3.8, 4) is 0 Å². The van der Waals surface area contributed by atoms with Gasteiger partial charge in [-0.1, -0.05) is 36.5 Å². The Morgan fingerprint density at radius 1 is 1.28 bits per heavy atom. The van der Waals surface area contributed by atoms with Crippen molar-refractivity contribution >= 4 is 38.8 Å². The minimum absolute atomic E-state index is 0.0282. The van der Waals surface area contributed by atoms with Gasteiger partial charge >= 0.3 is 0 Å². The number of hydrogen-bond acceptors (Lipinski definition) is 3. The molecule has 18 heavy (non-hydrogen) atoms. The number of halogens is 2. The Morgan fingerprint density at radius 2 is 1.94 bits per heavy atom. The van der Waals surface area contributed by atoms with Crippen LogP contribution in [0.5, 0.6) is 0 Å². The zero-order chi connectivity index (χ0) is 13.8. The van der Waals surface area contributed by atoms with Crippen LogP contribution in [0, 0.1) is 0 Å². The molecule has 100 valence electrons. The van der Waals surface area contributed by atoms with Crippen molar-refractivity contribution in [2.75, 3.05) is 11.5 Å². The summed E-state index contributed by atoms with van der Waals surface area (Å²) in [6.07, 6.45) is 1.33. The summed E-state index contributed by atoms with van der Waals surface area (Å²) in [5.74, 6) is -0.970. The number of hydrogen-bond donors (Lipinski definition) is 0. The minimum atomic E-state index is -3.36. The van der Waals surface area contributed by atoms with E-state index in [1.165, 1.54) is 18.2 Å². The number of benzene rings is 1. The van der Waals surface area contributed by atoms with Gasteiger partial charge in [-0.25, -0.2) is 8.42 Å². The van der Waals surface area contributed by atoms with Gasteiger partial charge in [-0.2, -0.15) is 0 Å². The van der Waals surface area contributed by atoms with Crippen molar-refractivity contribution < 1.29 is 13.2 Å². The number of Topliss-reactive ketones (excluding diaryl/α,β-unsaturated/α-hetero) is 1. The molecule has 0 unspecified atom stereocenters. The van der Waals surface area contributed by atoms with Crippen LogP contribution in [0.1, 0.15) is 30.1 Å². The smallest absolute Gasteiger partial charge is 0.179 e. The SMILES string of the molecule is CCCCS(=O)(=O)CC(=O)c1ccc(Cl)cc1Cl. The molecule has 0 saturated carbocycles. The highest BCUT2D eigenvalue weighted by Crippen LogP contribution is 2.21. The Kier molecular flexibility index (Phi) is 5.63. The summed E-state index contributed by atoms with van der Waals surface area (Å²) < 4.78 is 23.3. The molecule has 0 fully saturated rings. The van der Waals surface area contributed by atoms with E-state index in [1.807, 2.05) is 6.92 Å². The topological polar surface area (TPSA) is 51.2 Å². The third-order valence-corrected chi connectivity index (χ3v) is 4.55. The molecule has 3 nitrogen and oxygen atoms in total. The predicted molar refractivity (Wildman–Crippen MR) is 74.4 cm³/mol. The average Bonchev–Trinajstić information content (AvgIpc) is 2.25. The Labute approximate surface area is 117 Å². The molecule has 0 heterocycles. The van der Waals surface area contributed by atoms with Crippen molar-refractivity contribution in [3.05, 3.63) is 33.8 Å². The second-order valence-electron chi connectivity index (χ2n) is 3.99. The lowest BCUT2D eigenvalue weighted by molar-refractivity contribution is 0.102. The molecule has 1 aromatic rings. The van der Waals surface area contributed by atoms with Crippen LogP contribution in [-0.4, -0.2) is 25.7 Å². The number of sulfone groups is 1. The first kappa shape index (κ1) is 15.5. The van der Waals surface area contributed by atoms with E-state index in [1.54, 1.807) is 0 Å². The molecule has 0 aliphatic carbocycles. The lowest BCUT2D eigenvalue weighted by Crippen LogP contribution is -2.19. The van der Waals surface area contributed by atoms with Crippen LogP contribution < -0.4 is 0 Å². The minimum Gasteiger partial charge on any atom is -0.293 e. The fourth-order valence-corrected chi connectivity index (χ4v) is 3.37. The first-order valence-electron chi connectivity index (χ1n) is 5.54. The predicted octanol–water partition coefficient (Wildman–Crippen LogP) is 3.39. The molecule has 1 rings (SSSR count). The largest absolute Gasteiger partial charge is 0.293 e. The number of carbonyl (C=O) groups is 1. The molecular weight excluding hydrogens is 295 g/mol. The van der Waals surface area contributed by atoms with Gasteiger partial charge in [0.15, 0.2) is 15.6 Å². The Hall–Kier alpha value is -0.580. The second-order valence-corrected chi connectivity index (χ2v) is 7.02. The van der Waals surface area contributed by atoms with Gasteiger partial charge in [-0.15, -0.1) is 0 Å². The summed E-state index contributed by atoms with van der Waals surface area (Å²) in [7, 11) is -3.36. The van der Waals surface area contributed by atoms with Crippen molar-refractivity contribution in [2.45, 2.75) is 19.8 Å². The van der Waals surface area contributed by atoms with E-state index in [-0.39, 0.29) is 16.3 Å². The second kappa shape index (κ2) is 6.55. The fourth-order valence-electron chi connectivity index (χ4n) is 1.43. The zero-order valence-electron chi connectivity index (χ0n) is 9.95. The maximum absolute atomic E-state index is 11.8. The van der Waals surface area contributed by atoms with E-state index in [0.717, 1.165) is 6.42 Å². The molecule has 0 saturated heterocycles. The zero-order valence-corrected chi connectivity index (χ0v) is 12.3. The molecular formula is C12H14Cl2O3S. The molecule has 0 spiro atoms. The van der Waals surface area contributed by atoms with Crippen LogP contribution in [0.2, 0.25) is 10.0 Å². The van der Waals surface area contributed by atoms with E-state index in [9.17, 15) is 13.2 Å². The monoisotopic (exact) mass is 308 g/mol. The van der Waals surface area contributed by atoms with Crippen LogP contribution >= 0.6 is 23.2 Å². The number of rotatable bonds is 6. The standard InChI is InChI=1S/C12H14Cl2O3S/c1-2-3-6-18(16,17)8-12(15)10-5-4-9(13)7-11(10)14/h4-5,7H,2-3,6,8H2,1H3. The van der Waals surface area contributed by atoms with E-state index < -0.39 is 21.4 Å².